The molecule has 98 valence electrons. The normalized spacial score (nSPS) is 21.1. The van der Waals surface area contributed by atoms with Gasteiger partial charge in [-0.05, 0) is 25.5 Å². The molecule has 1 unspecified atom stereocenters. The number of hydrogen-bond acceptors (Lipinski definition) is 2. The zero-order chi connectivity index (χ0) is 13.0. The standard InChI is InChI=1S/C14H17ClFNO/c1-10(7-11-9-18-6-5-17-11)8-12-13(15)3-2-4-14(12)16/h2-4,8,11,17H,5-7,9H2,1H3/b10-8-. The van der Waals surface area contributed by atoms with Crippen LogP contribution in [0.1, 0.15) is 18.9 Å². The third-order valence-electron chi connectivity index (χ3n) is 2.96. The van der Waals surface area contributed by atoms with Crippen LogP contribution in [0.3, 0.4) is 0 Å². The van der Waals surface area contributed by atoms with Gasteiger partial charge in [-0.2, -0.15) is 0 Å². The van der Waals surface area contributed by atoms with Crippen LogP contribution in [-0.4, -0.2) is 25.8 Å². The molecular formula is C14H17ClFNO. The van der Waals surface area contributed by atoms with Crippen molar-refractivity contribution in [3.8, 4) is 0 Å². The second kappa shape index (κ2) is 6.32. The molecule has 4 heteroatoms. The number of ether oxygens (including phenoxy) is 1. The molecule has 0 radical (unpaired) electrons. The molecule has 1 aromatic rings. The van der Waals surface area contributed by atoms with Crippen molar-refractivity contribution < 1.29 is 9.13 Å². The lowest BCUT2D eigenvalue weighted by Crippen LogP contribution is -2.41. The molecule has 1 atom stereocenters. The topological polar surface area (TPSA) is 21.3 Å². The summed E-state index contributed by atoms with van der Waals surface area (Å²) in [6.45, 7) is 4.33. The Labute approximate surface area is 112 Å². The molecule has 0 aliphatic carbocycles. The van der Waals surface area contributed by atoms with Gasteiger partial charge in [-0.1, -0.05) is 29.3 Å². The molecule has 1 heterocycles. The zero-order valence-electron chi connectivity index (χ0n) is 10.4. The van der Waals surface area contributed by atoms with Crippen molar-refractivity contribution >= 4 is 17.7 Å². The summed E-state index contributed by atoms with van der Waals surface area (Å²) in [4.78, 5) is 0. The average molecular weight is 270 g/mol. The van der Waals surface area contributed by atoms with Crippen LogP contribution in [0.4, 0.5) is 4.39 Å². The Morgan fingerprint density at radius 2 is 2.44 bits per heavy atom. The summed E-state index contributed by atoms with van der Waals surface area (Å²) in [5, 5.41) is 3.82. The van der Waals surface area contributed by atoms with Crippen LogP contribution >= 0.6 is 11.6 Å². The van der Waals surface area contributed by atoms with Crippen LogP contribution in [0.25, 0.3) is 6.08 Å². The lowest BCUT2D eigenvalue weighted by molar-refractivity contribution is 0.0771. The smallest absolute Gasteiger partial charge is 0.131 e. The minimum Gasteiger partial charge on any atom is -0.379 e. The van der Waals surface area contributed by atoms with E-state index in [4.69, 9.17) is 16.3 Å². The molecule has 0 saturated carbocycles. The van der Waals surface area contributed by atoms with Crippen molar-refractivity contribution in [3.63, 3.8) is 0 Å². The Kier molecular flexibility index (Phi) is 4.75. The first-order valence-electron chi connectivity index (χ1n) is 6.09. The zero-order valence-corrected chi connectivity index (χ0v) is 11.1. The molecule has 1 saturated heterocycles. The van der Waals surface area contributed by atoms with Crippen molar-refractivity contribution in [3.05, 3.63) is 40.2 Å². The fourth-order valence-corrected chi connectivity index (χ4v) is 2.31. The van der Waals surface area contributed by atoms with E-state index in [1.807, 2.05) is 13.0 Å². The van der Waals surface area contributed by atoms with Gasteiger partial charge in [0.15, 0.2) is 0 Å². The maximum Gasteiger partial charge on any atom is 0.131 e. The summed E-state index contributed by atoms with van der Waals surface area (Å²) in [7, 11) is 0. The number of nitrogens with one attached hydrogen (secondary N) is 1. The lowest BCUT2D eigenvalue weighted by Gasteiger charge is -2.24. The maximum atomic E-state index is 13.6. The summed E-state index contributed by atoms with van der Waals surface area (Å²) < 4.78 is 19.0. The molecule has 1 N–H and O–H groups in total. The summed E-state index contributed by atoms with van der Waals surface area (Å²) in [5.74, 6) is -0.283. The van der Waals surface area contributed by atoms with Gasteiger partial charge in [0.2, 0.25) is 0 Å². The van der Waals surface area contributed by atoms with Gasteiger partial charge in [0, 0.05) is 18.2 Å². The van der Waals surface area contributed by atoms with Crippen LogP contribution in [0.2, 0.25) is 5.02 Å². The van der Waals surface area contributed by atoms with Crippen LogP contribution in [0, 0.1) is 5.82 Å². The monoisotopic (exact) mass is 269 g/mol. The molecule has 18 heavy (non-hydrogen) atoms. The van der Waals surface area contributed by atoms with Gasteiger partial charge in [-0.15, -0.1) is 0 Å². The van der Waals surface area contributed by atoms with Crippen molar-refractivity contribution in [2.24, 2.45) is 0 Å². The van der Waals surface area contributed by atoms with Gasteiger partial charge in [-0.3, -0.25) is 0 Å². The first-order chi connectivity index (χ1) is 8.66. The van der Waals surface area contributed by atoms with Gasteiger partial charge in [-0.25, -0.2) is 4.39 Å². The number of hydrogen-bond donors (Lipinski definition) is 1. The predicted octanol–water partition coefficient (Wildman–Crippen LogP) is 3.26. The van der Waals surface area contributed by atoms with Crippen LogP contribution in [-0.2, 0) is 4.74 Å². The highest BCUT2D eigenvalue weighted by Gasteiger charge is 2.13. The maximum absolute atomic E-state index is 13.6. The fourth-order valence-electron chi connectivity index (χ4n) is 2.09. The Morgan fingerprint density at radius 3 is 3.11 bits per heavy atom. The van der Waals surface area contributed by atoms with Gasteiger partial charge in [0.1, 0.15) is 5.82 Å². The van der Waals surface area contributed by atoms with Crippen molar-refractivity contribution in [2.75, 3.05) is 19.8 Å². The molecule has 2 rings (SSSR count). The van der Waals surface area contributed by atoms with Crippen molar-refractivity contribution in [1.82, 2.24) is 5.32 Å². The molecule has 0 bridgehead atoms. The first-order valence-corrected chi connectivity index (χ1v) is 6.47. The quantitative estimate of drug-likeness (QED) is 0.909. The number of morpholine rings is 1. The Bertz CT molecular complexity index is 421. The highest BCUT2D eigenvalue weighted by molar-refractivity contribution is 6.32. The molecule has 2 nitrogen and oxygen atoms in total. The lowest BCUT2D eigenvalue weighted by atomic mass is 10.0. The van der Waals surface area contributed by atoms with E-state index in [-0.39, 0.29) is 5.82 Å². The van der Waals surface area contributed by atoms with Gasteiger partial charge < -0.3 is 10.1 Å². The minimum atomic E-state index is -0.283. The Hall–Kier alpha value is -0.900. The van der Waals surface area contributed by atoms with E-state index in [2.05, 4.69) is 5.32 Å². The number of rotatable bonds is 3. The number of benzene rings is 1. The molecule has 0 spiro atoms. The summed E-state index contributed by atoms with van der Waals surface area (Å²) in [5.41, 5.74) is 1.55. The third-order valence-corrected chi connectivity index (χ3v) is 3.29. The van der Waals surface area contributed by atoms with Crippen LogP contribution in [0.15, 0.2) is 23.8 Å². The van der Waals surface area contributed by atoms with E-state index >= 15 is 0 Å². The van der Waals surface area contributed by atoms with E-state index < -0.39 is 0 Å². The second-order valence-electron chi connectivity index (χ2n) is 4.56. The number of halogens is 2. The van der Waals surface area contributed by atoms with Gasteiger partial charge in [0.05, 0.1) is 18.2 Å². The summed E-state index contributed by atoms with van der Waals surface area (Å²) >= 11 is 5.99. The third kappa shape index (κ3) is 3.55. The molecule has 1 aliphatic rings. The van der Waals surface area contributed by atoms with E-state index in [0.717, 1.165) is 25.1 Å². The SMILES string of the molecule is C/C(=C/c1c(F)cccc1Cl)CC1COCCN1. The van der Waals surface area contributed by atoms with Gasteiger partial charge in [0.25, 0.3) is 0 Å². The molecule has 0 aromatic heterocycles. The van der Waals surface area contributed by atoms with E-state index in [1.54, 1.807) is 12.1 Å². The molecule has 1 aromatic carbocycles. The van der Waals surface area contributed by atoms with Crippen LogP contribution in [0.5, 0.6) is 0 Å². The van der Waals surface area contributed by atoms with Crippen molar-refractivity contribution in [1.29, 1.82) is 0 Å². The van der Waals surface area contributed by atoms with Crippen LogP contribution < -0.4 is 5.32 Å². The summed E-state index contributed by atoms with van der Waals surface area (Å²) in [6.07, 6.45) is 2.65. The highest BCUT2D eigenvalue weighted by atomic mass is 35.5. The van der Waals surface area contributed by atoms with E-state index in [0.29, 0.717) is 23.2 Å². The average Bonchev–Trinajstić information content (AvgIpc) is 2.35. The van der Waals surface area contributed by atoms with Crippen molar-refractivity contribution in [2.45, 2.75) is 19.4 Å². The Balaban J connectivity index is 2.07. The largest absolute Gasteiger partial charge is 0.379 e. The first kappa shape index (κ1) is 13.5. The van der Waals surface area contributed by atoms with Gasteiger partial charge >= 0.3 is 0 Å². The van der Waals surface area contributed by atoms with E-state index in [9.17, 15) is 4.39 Å². The predicted molar refractivity (Wildman–Crippen MR) is 72.3 cm³/mol. The molecule has 1 aliphatic heterocycles. The Morgan fingerprint density at radius 1 is 1.61 bits per heavy atom. The second-order valence-corrected chi connectivity index (χ2v) is 4.96. The highest BCUT2D eigenvalue weighted by Crippen LogP contribution is 2.23. The molecule has 1 fully saturated rings. The summed E-state index contributed by atoms with van der Waals surface area (Å²) in [6, 6.07) is 5.04. The fraction of sp³-hybridized carbons (Fsp3) is 0.429. The molecule has 0 amide bonds. The molecular weight excluding hydrogens is 253 g/mol. The minimum absolute atomic E-state index is 0.283. The van der Waals surface area contributed by atoms with E-state index in [1.165, 1.54) is 6.07 Å².